The van der Waals surface area contributed by atoms with Crippen molar-refractivity contribution in [1.29, 1.82) is 0 Å². The van der Waals surface area contributed by atoms with Gasteiger partial charge in [0.1, 0.15) is 20.4 Å². The van der Waals surface area contributed by atoms with E-state index in [1.54, 1.807) is 24.3 Å². The van der Waals surface area contributed by atoms with Crippen LogP contribution in [-0.2, 0) is 10.0 Å². The zero-order valence-electron chi connectivity index (χ0n) is 18.4. The van der Waals surface area contributed by atoms with Crippen LogP contribution in [0.15, 0.2) is 40.6 Å². The predicted octanol–water partition coefficient (Wildman–Crippen LogP) is 5.64. The van der Waals surface area contributed by atoms with Gasteiger partial charge in [-0.1, -0.05) is 23.2 Å². The zero-order chi connectivity index (χ0) is 24.0. The number of benzene rings is 2. The number of halogens is 2. The molecule has 5 rings (SSSR count). The second-order valence-electron chi connectivity index (χ2n) is 8.31. The van der Waals surface area contributed by atoms with Gasteiger partial charge in [0.15, 0.2) is 11.5 Å². The number of likely N-dealkylation sites (N-methyl/N-ethyl adjacent to an activating group) is 1. The molecule has 1 aromatic heterocycles. The molecule has 0 radical (unpaired) electrons. The molecule has 11 heteroatoms. The average Bonchev–Trinajstić information content (AvgIpc) is 3.50. The van der Waals surface area contributed by atoms with E-state index in [0.717, 1.165) is 42.0 Å². The lowest BCUT2D eigenvalue weighted by Crippen LogP contribution is -2.21. The molecular formula is C23H22Cl2N2O5S2. The summed E-state index contributed by atoms with van der Waals surface area (Å²) in [7, 11) is -1.86. The molecule has 180 valence electrons. The number of hydrogen-bond donors (Lipinski definition) is 1. The third kappa shape index (κ3) is 4.67. The Bertz CT molecular complexity index is 1360. The van der Waals surface area contributed by atoms with Crippen molar-refractivity contribution in [3.63, 3.8) is 0 Å². The van der Waals surface area contributed by atoms with E-state index in [1.165, 1.54) is 0 Å². The molecule has 0 bridgehead atoms. The van der Waals surface area contributed by atoms with Crippen LogP contribution in [0.2, 0.25) is 9.36 Å². The second kappa shape index (κ2) is 9.13. The lowest BCUT2D eigenvalue weighted by molar-refractivity contribution is 0.174. The fourth-order valence-electron chi connectivity index (χ4n) is 4.03. The summed E-state index contributed by atoms with van der Waals surface area (Å²) in [5, 5.41) is 0.428. The molecule has 2 aromatic carbocycles. The Labute approximate surface area is 212 Å². The Kier molecular flexibility index (Phi) is 6.32. The van der Waals surface area contributed by atoms with Gasteiger partial charge in [-0.3, -0.25) is 4.72 Å². The highest BCUT2D eigenvalue weighted by atomic mass is 35.5. The van der Waals surface area contributed by atoms with E-state index in [2.05, 4.69) is 9.62 Å². The van der Waals surface area contributed by atoms with Crippen LogP contribution < -0.4 is 18.9 Å². The first-order chi connectivity index (χ1) is 16.2. The van der Waals surface area contributed by atoms with Crippen LogP contribution >= 0.6 is 34.5 Å². The van der Waals surface area contributed by atoms with Crippen LogP contribution in [0.5, 0.6) is 17.2 Å². The summed E-state index contributed by atoms with van der Waals surface area (Å²) in [6.45, 7) is 3.80. The van der Waals surface area contributed by atoms with Crippen molar-refractivity contribution < 1.29 is 22.6 Å². The first-order valence-electron chi connectivity index (χ1n) is 10.6. The van der Waals surface area contributed by atoms with Gasteiger partial charge in [0.05, 0.1) is 10.7 Å². The van der Waals surface area contributed by atoms with Gasteiger partial charge >= 0.3 is 0 Å². The van der Waals surface area contributed by atoms with Crippen molar-refractivity contribution >= 4 is 50.2 Å². The van der Waals surface area contributed by atoms with E-state index in [9.17, 15) is 8.42 Å². The zero-order valence-corrected chi connectivity index (χ0v) is 21.6. The fraction of sp³-hybridized carbons (Fsp3) is 0.304. The van der Waals surface area contributed by atoms with E-state index in [4.69, 9.17) is 37.4 Å². The molecule has 3 heterocycles. The molecule has 0 aliphatic carbocycles. The summed E-state index contributed by atoms with van der Waals surface area (Å²) in [6.07, 6.45) is 0.899. The number of nitrogens with zero attached hydrogens (tertiary/aromatic N) is 1. The number of fused-ring (bicyclic) bond motifs is 1. The molecule has 0 spiro atoms. The highest BCUT2D eigenvalue weighted by molar-refractivity contribution is 7.94. The quantitative estimate of drug-likeness (QED) is 0.435. The van der Waals surface area contributed by atoms with Crippen molar-refractivity contribution in [3.8, 4) is 28.4 Å². The molecule has 3 aromatic rings. The largest absolute Gasteiger partial charge is 0.487 e. The summed E-state index contributed by atoms with van der Waals surface area (Å²) in [5.41, 5.74) is 2.66. The van der Waals surface area contributed by atoms with E-state index in [1.807, 2.05) is 26.1 Å². The maximum absolute atomic E-state index is 13.2. The Hall–Kier alpha value is -2.17. The average molecular weight is 541 g/mol. The molecule has 2 aliphatic heterocycles. The molecular weight excluding hydrogens is 519 g/mol. The van der Waals surface area contributed by atoms with Crippen LogP contribution in [0.4, 0.5) is 5.69 Å². The topological polar surface area (TPSA) is 77.1 Å². The van der Waals surface area contributed by atoms with Gasteiger partial charge in [0.2, 0.25) is 6.79 Å². The number of ether oxygens (including phenoxy) is 3. The van der Waals surface area contributed by atoms with Crippen molar-refractivity contribution in [2.24, 2.45) is 0 Å². The first-order valence-corrected chi connectivity index (χ1v) is 13.6. The van der Waals surface area contributed by atoms with Crippen LogP contribution in [0.3, 0.4) is 0 Å². The maximum Gasteiger partial charge on any atom is 0.271 e. The molecule has 2 aliphatic rings. The standard InChI is InChI=1S/C23H22Cl2N2O5S2/c1-13-7-20-21(31-12-30-20)9-16(13)17-10-22(33-23(17)25)34(28,29)26-14-3-4-18(24)19(8-14)32-15-5-6-27(2)11-15/h3-4,7-10,15,26H,5-6,11-12H2,1-2H3/t15-/m1/s1. The maximum atomic E-state index is 13.2. The lowest BCUT2D eigenvalue weighted by atomic mass is 10.0. The Morgan fingerprint density at radius 2 is 1.88 bits per heavy atom. The molecule has 0 amide bonds. The van der Waals surface area contributed by atoms with E-state index < -0.39 is 10.0 Å². The van der Waals surface area contributed by atoms with Gasteiger partial charge in [0.25, 0.3) is 10.0 Å². The minimum atomic E-state index is -3.89. The monoisotopic (exact) mass is 540 g/mol. The van der Waals surface area contributed by atoms with E-state index >= 15 is 0 Å². The van der Waals surface area contributed by atoms with Gasteiger partial charge in [-0.25, -0.2) is 8.42 Å². The predicted molar refractivity (Wildman–Crippen MR) is 134 cm³/mol. The highest BCUT2D eigenvalue weighted by Gasteiger charge is 2.25. The van der Waals surface area contributed by atoms with Crippen LogP contribution in [0.25, 0.3) is 11.1 Å². The minimum Gasteiger partial charge on any atom is -0.487 e. The van der Waals surface area contributed by atoms with E-state index in [-0.39, 0.29) is 17.1 Å². The highest BCUT2D eigenvalue weighted by Crippen LogP contribution is 2.44. The number of thiophene rings is 1. The van der Waals surface area contributed by atoms with Gasteiger partial charge < -0.3 is 19.1 Å². The summed E-state index contributed by atoms with van der Waals surface area (Å²) < 4.78 is 46.3. The van der Waals surface area contributed by atoms with Crippen LogP contribution in [0, 0.1) is 6.92 Å². The normalized spacial score (nSPS) is 17.8. The fourth-order valence-corrected chi connectivity index (χ4v) is 6.99. The van der Waals surface area contributed by atoms with Gasteiger partial charge in [-0.15, -0.1) is 11.3 Å². The Morgan fingerprint density at radius 1 is 1.12 bits per heavy atom. The minimum absolute atomic E-state index is 0.0120. The van der Waals surface area contributed by atoms with Crippen LogP contribution in [0.1, 0.15) is 12.0 Å². The molecule has 7 nitrogen and oxygen atoms in total. The first kappa shape index (κ1) is 23.6. The number of nitrogens with one attached hydrogen (secondary N) is 1. The van der Waals surface area contributed by atoms with Crippen molar-refractivity contribution in [1.82, 2.24) is 4.90 Å². The molecule has 0 unspecified atom stereocenters. The number of likely N-dealkylation sites (tertiary alicyclic amines) is 1. The molecule has 1 atom stereocenters. The Morgan fingerprint density at radius 3 is 2.62 bits per heavy atom. The number of sulfonamides is 1. The van der Waals surface area contributed by atoms with Gasteiger partial charge in [-0.2, -0.15) is 0 Å². The van der Waals surface area contributed by atoms with Crippen molar-refractivity contribution in [2.75, 3.05) is 31.7 Å². The SMILES string of the molecule is Cc1cc2c(cc1-c1cc(S(=O)(=O)Nc3ccc(Cl)c(O[C@@H]4CCN(C)C4)c3)sc1Cl)OCO2. The summed E-state index contributed by atoms with van der Waals surface area (Å²) in [6, 6.07) is 10.1. The number of aryl methyl sites for hydroxylation is 1. The smallest absolute Gasteiger partial charge is 0.271 e. The molecule has 34 heavy (non-hydrogen) atoms. The number of anilines is 1. The van der Waals surface area contributed by atoms with Gasteiger partial charge in [-0.05, 0) is 61.9 Å². The number of rotatable bonds is 6. The summed E-state index contributed by atoms with van der Waals surface area (Å²) in [4.78, 5) is 2.17. The molecule has 1 saturated heterocycles. The van der Waals surface area contributed by atoms with Crippen molar-refractivity contribution in [3.05, 3.63) is 51.3 Å². The molecule has 1 fully saturated rings. The third-order valence-corrected chi connectivity index (χ3v) is 9.29. The summed E-state index contributed by atoms with van der Waals surface area (Å²) in [5.74, 6) is 1.71. The molecule has 0 saturated carbocycles. The van der Waals surface area contributed by atoms with Crippen molar-refractivity contribution in [2.45, 2.75) is 23.7 Å². The molecule has 1 N–H and O–H groups in total. The van der Waals surface area contributed by atoms with Gasteiger partial charge in [0, 0.05) is 24.7 Å². The lowest BCUT2D eigenvalue weighted by Gasteiger charge is -2.16. The third-order valence-electron chi connectivity index (χ3n) is 5.76. The summed E-state index contributed by atoms with van der Waals surface area (Å²) >= 11 is 13.8. The second-order valence-corrected chi connectivity index (χ2v) is 12.3. The van der Waals surface area contributed by atoms with E-state index in [0.29, 0.717) is 37.9 Å². The Balaban J connectivity index is 1.40. The number of hydrogen-bond acceptors (Lipinski definition) is 7. The van der Waals surface area contributed by atoms with Crippen LogP contribution in [-0.4, -0.2) is 46.4 Å².